The van der Waals surface area contributed by atoms with E-state index in [-0.39, 0.29) is 18.2 Å². The lowest BCUT2D eigenvalue weighted by molar-refractivity contribution is -0.134. The van der Waals surface area contributed by atoms with Crippen molar-refractivity contribution in [2.24, 2.45) is 11.0 Å². The van der Waals surface area contributed by atoms with E-state index in [1.165, 1.54) is 0 Å². The van der Waals surface area contributed by atoms with Gasteiger partial charge in [0, 0.05) is 17.4 Å². The van der Waals surface area contributed by atoms with Gasteiger partial charge in [0.1, 0.15) is 6.10 Å². The van der Waals surface area contributed by atoms with Crippen LogP contribution in [-0.4, -0.2) is 18.4 Å². The Bertz CT molecular complexity index is 439. The summed E-state index contributed by atoms with van der Waals surface area (Å²) in [7, 11) is 0. The van der Waals surface area contributed by atoms with Gasteiger partial charge in [-0.25, -0.2) is 0 Å². The van der Waals surface area contributed by atoms with Gasteiger partial charge in [-0.3, -0.25) is 4.79 Å². The molecule has 0 N–H and O–H groups in total. The van der Waals surface area contributed by atoms with Crippen LogP contribution in [0, 0.1) is 5.92 Å². The fraction of sp³-hybridized carbons (Fsp3) is 0.500. The Labute approximate surface area is 113 Å². The Morgan fingerprint density at radius 3 is 2.63 bits per heavy atom. The first-order chi connectivity index (χ1) is 9.15. The van der Waals surface area contributed by atoms with E-state index in [4.69, 9.17) is 10.3 Å². The Kier molecular flexibility index (Phi) is 6.64. The van der Waals surface area contributed by atoms with E-state index in [9.17, 15) is 4.79 Å². The number of hydrogen-bond acceptors (Lipinski definition) is 3. The molecular weight excluding hydrogens is 242 g/mol. The first kappa shape index (κ1) is 15.2. The molecule has 0 heterocycles. The fourth-order valence-electron chi connectivity index (χ4n) is 1.67. The maximum Gasteiger partial charge on any atom is 0.164 e. The third kappa shape index (κ3) is 5.55. The summed E-state index contributed by atoms with van der Waals surface area (Å²) in [5, 5.41) is 3.46. The molecule has 102 valence electrons. The molecule has 0 saturated heterocycles. The number of nitrogens with zero attached hydrogens (tertiary/aromatic N) is 3. The van der Waals surface area contributed by atoms with Crippen LogP contribution < -0.4 is 0 Å². The minimum atomic E-state index is -0.509. The Hall–Kier alpha value is -1.84. The van der Waals surface area contributed by atoms with Crippen molar-refractivity contribution in [1.82, 2.24) is 0 Å². The van der Waals surface area contributed by atoms with E-state index in [0.717, 1.165) is 5.56 Å². The van der Waals surface area contributed by atoms with Crippen LogP contribution in [0.2, 0.25) is 0 Å². The second-order valence-electron chi connectivity index (χ2n) is 4.59. The standard InChI is InChI=1S/C14H19N3O2/c1-11(2)14(18)13(8-9-16-17-15)19-10-12-6-4-3-5-7-12/h3-7,11,13H,8-10H2,1-2H3/t13-/m0/s1. The summed E-state index contributed by atoms with van der Waals surface area (Å²) in [6.45, 7) is 4.35. The maximum atomic E-state index is 12.0. The highest BCUT2D eigenvalue weighted by molar-refractivity contribution is 5.84. The van der Waals surface area contributed by atoms with Gasteiger partial charge >= 0.3 is 0 Å². The summed E-state index contributed by atoms with van der Waals surface area (Å²) in [5.41, 5.74) is 9.29. The first-order valence-corrected chi connectivity index (χ1v) is 6.35. The molecular formula is C14H19N3O2. The minimum Gasteiger partial charge on any atom is -0.366 e. The molecule has 0 aliphatic carbocycles. The zero-order valence-electron chi connectivity index (χ0n) is 11.3. The second kappa shape index (κ2) is 8.29. The smallest absolute Gasteiger partial charge is 0.164 e. The lowest BCUT2D eigenvalue weighted by atomic mass is 10.0. The largest absolute Gasteiger partial charge is 0.366 e. The number of carbonyl (C=O) groups is 1. The van der Waals surface area contributed by atoms with Crippen molar-refractivity contribution in [3.05, 3.63) is 46.3 Å². The fourth-order valence-corrected chi connectivity index (χ4v) is 1.67. The van der Waals surface area contributed by atoms with Gasteiger partial charge in [0.2, 0.25) is 0 Å². The molecule has 0 radical (unpaired) electrons. The Morgan fingerprint density at radius 1 is 1.37 bits per heavy atom. The number of ketones is 1. The number of azide groups is 1. The Morgan fingerprint density at radius 2 is 2.05 bits per heavy atom. The van der Waals surface area contributed by atoms with Crippen molar-refractivity contribution in [3.8, 4) is 0 Å². The number of rotatable bonds is 8. The molecule has 0 aliphatic rings. The molecule has 1 atom stereocenters. The third-order valence-corrected chi connectivity index (χ3v) is 2.73. The topological polar surface area (TPSA) is 75.1 Å². The summed E-state index contributed by atoms with van der Waals surface area (Å²) in [6.07, 6.45) is -0.0841. The van der Waals surface area contributed by atoms with Crippen molar-refractivity contribution < 1.29 is 9.53 Å². The number of hydrogen-bond donors (Lipinski definition) is 0. The highest BCUT2D eigenvalue weighted by Crippen LogP contribution is 2.11. The molecule has 5 nitrogen and oxygen atoms in total. The predicted molar refractivity (Wildman–Crippen MR) is 73.5 cm³/mol. The van der Waals surface area contributed by atoms with Crippen molar-refractivity contribution in [3.63, 3.8) is 0 Å². The summed E-state index contributed by atoms with van der Waals surface area (Å²) in [6, 6.07) is 9.69. The van der Waals surface area contributed by atoms with Gasteiger partial charge in [0.25, 0.3) is 0 Å². The summed E-state index contributed by atoms with van der Waals surface area (Å²) < 4.78 is 5.66. The Balaban J connectivity index is 2.58. The molecule has 0 bridgehead atoms. The average Bonchev–Trinajstić information content (AvgIpc) is 2.43. The quantitative estimate of drug-likeness (QED) is 0.408. The number of ether oxygens (including phenoxy) is 1. The molecule has 0 aliphatic heterocycles. The number of carbonyl (C=O) groups excluding carboxylic acids is 1. The van der Waals surface area contributed by atoms with Gasteiger partial charge in [-0.2, -0.15) is 0 Å². The highest BCUT2D eigenvalue weighted by atomic mass is 16.5. The zero-order chi connectivity index (χ0) is 14.1. The normalized spacial score (nSPS) is 11.9. The molecule has 1 rings (SSSR count). The molecule has 1 aromatic carbocycles. The lowest BCUT2D eigenvalue weighted by Gasteiger charge is -2.18. The van der Waals surface area contributed by atoms with E-state index >= 15 is 0 Å². The van der Waals surface area contributed by atoms with Crippen LogP contribution in [0.5, 0.6) is 0 Å². The summed E-state index contributed by atoms with van der Waals surface area (Å²) >= 11 is 0. The van der Waals surface area contributed by atoms with Crippen LogP contribution in [-0.2, 0) is 16.1 Å². The van der Waals surface area contributed by atoms with Crippen LogP contribution in [0.25, 0.3) is 10.4 Å². The zero-order valence-corrected chi connectivity index (χ0v) is 11.3. The van der Waals surface area contributed by atoms with E-state index in [1.807, 2.05) is 44.2 Å². The van der Waals surface area contributed by atoms with Crippen LogP contribution >= 0.6 is 0 Å². The van der Waals surface area contributed by atoms with E-state index in [2.05, 4.69) is 10.0 Å². The van der Waals surface area contributed by atoms with Crippen molar-refractivity contribution in [2.45, 2.75) is 33.0 Å². The second-order valence-corrected chi connectivity index (χ2v) is 4.59. The first-order valence-electron chi connectivity index (χ1n) is 6.35. The van der Waals surface area contributed by atoms with Gasteiger partial charge < -0.3 is 4.74 Å². The molecule has 1 aromatic rings. The van der Waals surface area contributed by atoms with Gasteiger partial charge in [0.15, 0.2) is 5.78 Å². The maximum absolute atomic E-state index is 12.0. The van der Waals surface area contributed by atoms with Gasteiger partial charge in [0.05, 0.1) is 6.61 Å². The van der Waals surface area contributed by atoms with Gasteiger partial charge in [-0.1, -0.05) is 49.3 Å². The molecule has 5 heteroatoms. The highest BCUT2D eigenvalue weighted by Gasteiger charge is 2.21. The summed E-state index contributed by atoms with van der Waals surface area (Å²) in [4.78, 5) is 14.7. The predicted octanol–water partition coefficient (Wildman–Crippen LogP) is 3.50. The van der Waals surface area contributed by atoms with Gasteiger partial charge in [-0.05, 0) is 17.5 Å². The third-order valence-electron chi connectivity index (χ3n) is 2.73. The number of benzene rings is 1. The average molecular weight is 261 g/mol. The molecule has 0 spiro atoms. The molecule has 0 aromatic heterocycles. The molecule has 0 amide bonds. The molecule has 19 heavy (non-hydrogen) atoms. The van der Waals surface area contributed by atoms with Crippen LogP contribution in [0.4, 0.5) is 0 Å². The van der Waals surface area contributed by atoms with Crippen LogP contribution in [0.3, 0.4) is 0 Å². The van der Waals surface area contributed by atoms with E-state index in [0.29, 0.717) is 13.0 Å². The molecule has 0 unspecified atom stereocenters. The van der Waals surface area contributed by atoms with Crippen molar-refractivity contribution in [2.75, 3.05) is 6.54 Å². The minimum absolute atomic E-state index is 0.0454. The van der Waals surface area contributed by atoms with Gasteiger partial charge in [-0.15, -0.1) is 0 Å². The SMILES string of the molecule is CC(C)C(=O)[C@H](CCN=[N+]=[N-])OCc1ccccc1. The molecule has 0 fully saturated rings. The molecule has 0 saturated carbocycles. The van der Waals surface area contributed by atoms with E-state index in [1.54, 1.807) is 0 Å². The van der Waals surface area contributed by atoms with E-state index < -0.39 is 6.10 Å². The monoisotopic (exact) mass is 261 g/mol. The van der Waals surface area contributed by atoms with Crippen molar-refractivity contribution >= 4 is 5.78 Å². The van der Waals surface area contributed by atoms with Crippen LogP contribution in [0.15, 0.2) is 35.4 Å². The summed E-state index contributed by atoms with van der Waals surface area (Å²) in [5.74, 6) is -0.0455. The van der Waals surface area contributed by atoms with Crippen molar-refractivity contribution in [1.29, 1.82) is 0 Å². The van der Waals surface area contributed by atoms with Crippen LogP contribution in [0.1, 0.15) is 25.8 Å². The lowest BCUT2D eigenvalue weighted by Crippen LogP contribution is -2.29. The number of Topliss-reactive ketones (excluding diaryl/α,β-unsaturated/α-hetero) is 1.